The van der Waals surface area contributed by atoms with Crippen molar-refractivity contribution in [1.82, 2.24) is 9.88 Å². The fraction of sp³-hybridized carbons (Fsp3) is 0.522. The first-order chi connectivity index (χ1) is 15.9. The molecule has 2 aromatic rings. The number of carbonyl (C=O) groups is 2. The van der Waals surface area contributed by atoms with Crippen LogP contribution in [-0.2, 0) is 4.79 Å². The number of halogens is 4. The van der Waals surface area contributed by atoms with Crippen LogP contribution in [0.25, 0.3) is 10.9 Å². The summed E-state index contributed by atoms with van der Waals surface area (Å²) in [5.74, 6) is -4.21. The number of pyridine rings is 1. The van der Waals surface area contributed by atoms with Crippen LogP contribution in [0.1, 0.15) is 55.9 Å². The predicted octanol–water partition coefficient (Wildman–Crippen LogP) is 3.85. The first-order valence-corrected chi connectivity index (χ1v) is 11.2. The summed E-state index contributed by atoms with van der Waals surface area (Å²) in [5.41, 5.74) is -1.47. The lowest BCUT2D eigenvalue weighted by Gasteiger charge is -2.33. The second-order valence-electron chi connectivity index (χ2n) is 9.11. The van der Waals surface area contributed by atoms with E-state index in [0.717, 1.165) is 18.9 Å². The van der Waals surface area contributed by atoms with E-state index in [9.17, 15) is 32.7 Å². The number of carboxylic acid groups (broad SMARTS) is 1. The third-order valence-electron chi connectivity index (χ3n) is 7.23. The van der Waals surface area contributed by atoms with Gasteiger partial charge in [0.25, 0.3) is 0 Å². The summed E-state index contributed by atoms with van der Waals surface area (Å²) in [7, 11) is 0. The Bertz CT molecular complexity index is 1220. The maximum atomic E-state index is 15.3. The van der Waals surface area contributed by atoms with Gasteiger partial charge < -0.3 is 19.9 Å². The lowest BCUT2D eigenvalue weighted by atomic mass is 9.78. The molecular formula is C23H25F4N3O4. The Labute approximate surface area is 192 Å². The third-order valence-corrected chi connectivity index (χ3v) is 7.23. The Morgan fingerprint density at radius 2 is 1.85 bits per heavy atom. The van der Waals surface area contributed by atoms with Gasteiger partial charge in [0, 0.05) is 36.1 Å². The summed E-state index contributed by atoms with van der Waals surface area (Å²) in [6.07, 6.45) is -1.26. The first kappa shape index (κ1) is 24.0. The van der Waals surface area contributed by atoms with Crippen LogP contribution in [0.5, 0.6) is 0 Å². The van der Waals surface area contributed by atoms with Crippen molar-refractivity contribution in [2.24, 2.45) is 5.41 Å². The van der Waals surface area contributed by atoms with E-state index in [2.05, 4.69) is 5.32 Å². The number of rotatable bonds is 6. The highest BCUT2D eigenvalue weighted by Crippen LogP contribution is 2.42. The molecule has 7 nitrogen and oxygen atoms in total. The van der Waals surface area contributed by atoms with E-state index in [1.54, 1.807) is 9.47 Å². The molecule has 4 rings (SSSR count). The second-order valence-corrected chi connectivity index (χ2v) is 9.11. The summed E-state index contributed by atoms with van der Waals surface area (Å²) < 4.78 is 55.7. The van der Waals surface area contributed by atoms with Crippen molar-refractivity contribution in [3.63, 3.8) is 0 Å². The number of benzene rings is 1. The molecule has 184 valence electrons. The predicted molar refractivity (Wildman–Crippen MR) is 117 cm³/mol. The van der Waals surface area contributed by atoms with Crippen molar-refractivity contribution < 1.29 is 32.3 Å². The largest absolute Gasteiger partial charge is 0.477 e. The van der Waals surface area contributed by atoms with E-state index in [0.29, 0.717) is 18.4 Å². The van der Waals surface area contributed by atoms with Crippen LogP contribution in [0, 0.1) is 11.2 Å². The molecule has 1 unspecified atom stereocenters. The SMILES string of the molecule is CCC1(CC)CN(c2cc3c(cc2F)c(=O)c(C(=O)O)cn3C2CC2)CC1NC(=O)C(F)(F)F. The molecule has 0 radical (unpaired) electrons. The molecule has 1 aliphatic heterocycles. The first-order valence-electron chi connectivity index (χ1n) is 11.2. The number of aromatic carboxylic acids is 1. The highest BCUT2D eigenvalue weighted by atomic mass is 19.4. The van der Waals surface area contributed by atoms with Gasteiger partial charge in [-0.25, -0.2) is 9.18 Å². The number of nitrogens with one attached hydrogen (secondary N) is 1. The van der Waals surface area contributed by atoms with Gasteiger partial charge in [-0.15, -0.1) is 0 Å². The van der Waals surface area contributed by atoms with Crippen LogP contribution in [0.4, 0.5) is 23.2 Å². The zero-order valence-electron chi connectivity index (χ0n) is 18.7. The summed E-state index contributed by atoms with van der Waals surface area (Å²) in [6.45, 7) is 3.81. The summed E-state index contributed by atoms with van der Waals surface area (Å²) in [6, 6.07) is 1.59. The molecule has 1 aliphatic carbocycles. The van der Waals surface area contributed by atoms with Crippen LogP contribution in [0.3, 0.4) is 0 Å². The Morgan fingerprint density at radius 1 is 1.21 bits per heavy atom. The molecule has 2 N–H and O–H groups in total. The van der Waals surface area contributed by atoms with Gasteiger partial charge in [0.15, 0.2) is 0 Å². The van der Waals surface area contributed by atoms with Gasteiger partial charge in [0.2, 0.25) is 5.43 Å². The number of hydrogen-bond acceptors (Lipinski definition) is 4. The number of nitrogens with zero attached hydrogens (tertiary/aromatic N) is 2. The van der Waals surface area contributed by atoms with Gasteiger partial charge >= 0.3 is 18.1 Å². The van der Waals surface area contributed by atoms with E-state index in [-0.39, 0.29) is 30.2 Å². The standard InChI is InChI=1S/C23H25F4N3O4/c1-3-22(4-2)11-29(10-18(22)28-21(34)23(25,26)27)17-8-16-13(7-15(17)24)19(31)14(20(32)33)9-30(16)12-5-6-12/h7-9,12,18H,3-6,10-11H2,1-2H3,(H,28,34)(H,32,33). The number of hydrogen-bond donors (Lipinski definition) is 2. The normalized spacial score (nSPS) is 20.1. The van der Waals surface area contributed by atoms with E-state index >= 15 is 4.39 Å². The van der Waals surface area contributed by atoms with E-state index in [4.69, 9.17) is 0 Å². The molecule has 1 saturated heterocycles. The molecule has 2 heterocycles. The molecule has 2 aliphatic rings. The number of fused-ring (bicyclic) bond motifs is 1. The molecule has 34 heavy (non-hydrogen) atoms. The summed E-state index contributed by atoms with van der Waals surface area (Å²) in [4.78, 5) is 37.5. The number of aromatic nitrogens is 1. The van der Waals surface area contributed by atoms with Crippen molar-refractivity contribution in [1.29, 1.82) is 0 Å². The van der Waals surface area contributed by atoms with E-state index in [1.165, 1.54) is 12.3 Å². The highest BCUT2D eigenvalue weighted by Gasteiger charge is 2.49. The maximum Gasteiger partial charge on any atom is 0.471 e. The molecule has 1 saturated carbocycles. The monoisotopic (exact) mass is 483 g/mol. The minimum Gasteiger partial charge on any atom is -0.477 e. The van der Waals surface area contributed by atoms with Gasteiger partial charge in [-0.2, -0.15) is 13.2 Å². The summed E-state index contributed by atoms with van der Waals surface area (Å²) >= 11 is 0. The van der Waals surface area contributed by atoms with Gasteiger partial charge in [0.1, 0.15) is 11.4 Å². The molecule has 11 heteroatoms. The Morgan fingerprint density at radius 3 is 2.38 bits per heavy atom. The molecular weight excluding hydrogens is 458 g/mol. The Hall–Kier alpha value is -3.11. The van der Waals surface area contributed by atoms with Crippen LogP contribution < -0.4 is 15.6 Å². The third kappa shape index (κ3) is 4.01. The summed E-state index contributed by atoms with van der Waals surface area (Å²) in [5, 5.41) is 11.4. The van der Waals surface area contributed by atoms with Crippen LogP contribution in [0.15, 0.2) is 23.1 Å². The van der Waals surface area contributed by atoms with Crippen molar-refractivity contribution in [2.75, 3.05) is 18.0 Å². The maximum absolute atomic E-state index is 15.3. The van der Waals surface area contributed by atoms with Crippen molar-refractivity contribution >= 4 is 28.5 Å². The lowest BCUT2D eigenvalue weighted by molar-refractivity contribution is -0.175. The number of carbonyl (C=O) groups excluding carboxylic acids is 1. The van der Waals surface area contributed by atoms with Crippen molar-refractivity contribution in [3.05, 3.63) is 39.9 Å². The van der Waals surface area contributed by atoms with Gasteiger partial charge in [-0.05, 0) is 37.8 Å². The molecule has 0 bridgehead atoms. The molecule has 1 amide bonds. The molecule has 1 atom stereocenters. The second kappa shape index (κ2) is 8.28. The van der Waals surface area contributed by atoms with Gasteiger partial charge in [-0.1, -0.05) is 13.8 Å². The Balaban J connectivity index is 1.79. The quantitative estimate of drug-likeness (QED) is 0.610. The van der Waals surface area contributed by atoms with Crippen molar-refractivity contribution in [3.8, 4) is 0 Å². The fourth-order valence-electron chi connectivity index (χ4n) is 4.97. The molecule has 0 spiro atoms. The van der Waals surface area contributed by atoms with Crippen LogP contribution in [-0.4, -0.2) is 46.9 Å². The zero-order valence-corrected chi connectivity index (χ0v) is 18.7. The average Bonchev–Trinajstić information content (AvgIpc) is 3.55. The fourth-order valence-corrected chi connectivity index (χ4v) is 4.97. The smallest absolute Gasteiger partial charge is 0.471 e. The van der Waals surface area contributed by atoms with Crippen molar-refractivity contribution in [2.45, 2.75) is 57.8 Å². The number of carboxylic acids is 1. The number of anilines is 1. The van der Waals surface area contributed by atoms with Crippen LogP contribution in [0.2, 0.25) is 0 Å². The lowest BCUT2D eigenvalue weighted by Crippen LogP contribution is -2.50. The number of alkyl halides is 3. The number of amides is 1. The Kier molecular flexibility index (Phi) is 5.85. The molecule has 1 aromatic heterocycles. The molecule has 1 aromatic carbocycles. The minimum absolute atomic E-state index is 0.0118. The van der Waals surface area contributed by atoms with Crippen LogP contribution >= 0.6 is 0 Å². The minimum atomic E-state index is -5.03. The molecule has 2 fully saturated rings. The van der Waals surface area contributed by atoms with E-state index < -0.39 is 46.3 Å². The topological polar surface area (TPSA) is 91.6 Å². The van der Waals surface area contributed by atoms with Gasteiger partial charge in [-0.3, -0.25) is 9.59 Å². The van der Waals surface area contributed by atoms with Gasteiger partial charge in [0.05, 0.1) is 17.2 Å². The van der Waals surface area contributed by atoms with E-state index in [1.807, 2.05) is 13.8 Å². The zero-order chi connectivity index (χ0) is 25.0. The highest BCUT2D eigenvalue weighted by molar-refractivity contribution is 5.93. The average molecular weight is 483 g/mol.